The van der Waals surface area contributed by atoms with E-state index >= 15 is 0 Å². The fraction of sp³-hybridized carbons (Fsp3) is 0.176. The van der Waals surface area contributed by atoms with Gasteiger partial charge in [0, 0.05) is 0 Å². The van der Waals surface area contributed by atoms with Crippen LogP contribution in [-0.4, -0.2) is 26.0 Å². The van der Waals surface area contributed by atoms with Gasteiger partial charge in [-0.1, -0.05) is 6.07 Å². The third-order valence-electron chi connectivity index (χ3n) is 3.34. The van der Waals surface area contributed by atoms with Crippen LogP contribution in [-0.2, 0) is 6.61 Å². The molecule has 0 aliphatic rings. The average Bonchev–Trinajstić information content (AvgIpc) is 3.10. The van der Waals surface area contributed by atoms with Crippen LogP contribution in [0, 0.1) is 13.8 Å². The Bertz CT molecular complexity index is 846. The third-order valence-corrected chi connectivity index (χ3v) is 3.34. The third kappa shape index (κ3) is 4.54. The van der Waals surface area contributed by atoms with Crippen molar-refractivity contribution < 1.29 is 9.53 Å². The van der Waals surface area contributed by atoms with Crippen molar-refractivity contribution in [3.05, 3.63) is 60.1 Å². The second kappa shape index (κ2) is 7.43. The minimum atomic E-state index is -0.421. The van der Waals surface area contributed by atoms with Crippen molar-refractivity contribution >= 4 is 17.5 Å². The van der Waals surface area contributed by atoms with E-state index in [4.69, 9.17) is 4.74 Å². The zero-order valence-electron chi connectivity index (χ0n) is 13.9. The monoisotopic (exact) mass is 338 g/mol. The Morgan fingerprint density at radius 1 is 1.16 bits per heavy atom. The van der Waals surface area contributed by atoms with E-state index in [0.29, 0.717) is 23.9 Å². The first-order chi connectivity index (χ1) is 12.1. The maximum absolute atomic E-state index is 12.2. The summed E-state index contributed by atoms with van der Waals surface area (Å²) in [5.41, 5.74) is 3.18. The van der Waals surface area contributed by atoms with Crippen LogP contribution in [0.1, 0.15) is 17.0 Å². The van der Waals surface area contributed by atoms with E-state index in [2.05, 4.69) is 30.6 Å². The zero-order valence-corrected chi connectivity index (χ0v) is 13.9. The highest BCUT2D eigenvalue weighted by molar-refractivity contribution is 6.00. The van der Waals surface area contributed by atoms with Crippen molar-refractivity contribution in [2.24, 2.45) is 0 Å². The number of nitrogens with one attached hydrogen (secondary N) is 3. The van der Waals surface area contributed by atoms with Crippen LogP contribution in [0.25, 0.3) is 0 Å². The molecular formula is C17H18N6O2. The fourth-order valence-electron chi connectivity index (χ4n) is 2.11. The van der Waals surface area contributed by atoms with Gasteiger partial charge in [-0.15, -0.1) is 0 Å². The summed E-state index contributed by atoms with van der Waals surface area (Å²) in [5, 5.41) is 5.41. The van der Waals surface area contributed by atoms with Crippen molar-refractivity contribution in [2.45, 2.75) is 20.5 Å². The van der Waals surface area contributed by atoms with Gasteiger partial charge in [-0.05, 0) is 31.5 Å². The molecule has 0 atom stereocenters. The highest BCUT2D eigenvalue weighted by Crippen LogP contribution is 2.26. The topological polar surface area (TPSA) is 105 Å². The largest absolute Gasteiger partial charge is 0.485 e. The van der Waals surface area contributed by atoms with E-state index in [0.717, 1.165) is 17.0 Å². The van der Waals surface area contributed by atoms with Crippen LogP contribution in [0.5, 0.6) is 5.75 Å². The molecule has 0 spiro atoms. The summed E-state index contributed by atoms with van der Waals surface area (Å²) in [6.07, 6.45) is 6.36. The number of H-pyrrole nitrogens is 1. The van der Waals surface area contributed by atoms with Crippen LogP contribution in [0.2, 0.25) is 0 Å². The first-order valence-electron chi connectivity index (χ1n) is 7.67. The van der Waals surface area contributed by atoms with Crippen LogP contribution in [0.15, 0.2) is 43.1 Å². The molecule has 3 rings (SSSR count). The number of amides is 2. The van der Waals surface area contributed by atoms with Gasteiger partial charge in [-0.25, -0.2) is 14.8 Å². The van der Waals surface area contributed by atoms with Crippen molar-refractivity contribution in [1.29, 1.82) is 0 Å². The summed E-state index contributed by atoms with van der Waals surface area (Å²) in [5.74, 6) is 0.932. The number of imidazole rings is 1. The Balaban J connectivity index is 1.68. The number of aryl methyl sites for hydroxylation is 2. The van der Waals surface area contributed by atoms with Gasteiger partial charge in [0.05, 0.1) is 42.0 Å². The number of benzene rings is 1. The van der Waals surface area contributed by atoms with Crippen LogP contribution in [0.4, 0.5) is 16.3 Å². The molecule has 0 unspecified atom stereocenters. The number of urea groups is 1. The molecule has 25 heavy (non-hydrogen) atoms. The second-order valence-corrected chi connectivity index (χ2v) is 5.49. The number of aromatic amines is 1. The van der Waals surface area contributed by atoms with Crippen LogP contribution >= 0.6 is 0 Å². The number of anilines is 2. The van der Waals surface area contributed by atoms with Gasteiger partial charge >= 0.3 is 6.03 Å². The minimum Gasteiger partial charge on any atom is -0.485 e. The summed E-state index contributed by atoms with van der Waals surface area (Å²) in [7, 11) is 0. The molecule has 8 nitrogen and oxygen atoms in total. The van der Waals surface area contributed by atoms with Crippen molar-refractivity contribution in [1.82, 2.24) is 19.9 Å². The number of nitrogens with zero attached hydrogens (tertiary/aromatic N) is 3. The van der Waals surface area contributed by atoms with Gasteiger partial charge in [0.2, 0.25) is 0 Å². The Morgan fingerprint density at radius 2 is 2.04 bits per heavy atom. The van der Waals surface area contributed by atoms with Crippen LogP contribution in [0.3, 0.4) is 0 Å². The van der Waals surface area contributed by atoms with Gasteiger partial charge in [0.25, 0.3) is 0 Å². The van der Waals surface area contributed by atoms with Crippen molar-refractivity contribution in [3.63, 3.8) is 0 Å². The second-order valence-electron chi connectivity index (χ2n) is 5.49. The fourth-order valence-corrected chi connectivity index (χ4v) is 2.11. The first kappa shape index (κ1) is 16.4. The summed E-state index contributed by atoms with van der Waals surface area (Å²) in [4.78, 5) is 27.3. The minimum absolute atomic E-state index is 0.322. The van der Waals surface area contributed by atoms with Crippen molar-refractivity contribution in [2.75, 3.05) is 10.6 Å². The average molecular weight is 338 g/mol. The molecule has 2 aromatic heterocycles. The summed E-state index contributed by atoms with van der Waals surface area (Å²) < 4.78 is 5.76. The number of hydrogen-bond donors (Lipinski definition) is 3. The maximum atomic E-state index is 12.2. The molecule has 8 heteroatoms. The molecule has 3 N–H and O–H groups in total. The van der Waals surface area contributed by atoms with Gasteiger partial charge in [-0.3, -0.25) is 10.3 Å². The van der Waals surface area contributed by atoms with E-state index in [1.54, 1.807) is 18.7 Å². The standard InChI is InChI=1S/C17H18N6O2/c1-11-3-4-15(25-9-13-7-18-10-21-13)14(5-11)22-17(24)23-16-8-19-12(2)6-20-16/h3-8,10H,9H2,1-2H3,(H,18,21)(H2,20,22,23,24). The Morgan fingerprint density at radius 3 is 2.76 bits per heavy atom. The predicted octanol–water partition coefficient (Wildman–Crippen LogP) is 3.04. The number of ether oxygens (including phenoxy) is 1. The SMILES string of the molecule is Cc1ccc(OCc2cnc[nH]2)c(NC(=O)Nc2cnc(C)cn2)c1. The molecule has 0 radical (unpaired) electrons. The molecule has 2 amide bonds. The van der Waals surface area contributed by atoms with Gasteiger partial charge < -0.3 is 15.0 Å². The van der Waals surface area contributed by atoms with Crippen LogP contribution < -0.4 is 15.4 Å². The molecular weight excluding hydrogens is 320 g/mol. The van der Waals surface area contributed by atoms with Gasteiger partial charge in [0.1, 0.15) is 12.4 Å². The first-order valence-corrected chi connectivity index (χ1v) is 7.67. The molecule has 0 saturated heterocycles. The maximum Gasteiger partial charge on any atom is 0.324 e. The van der Waals surface area contributed by atoms with E-state index in [9.17, 15) is 4.79 Å². The molecule has 0 saturated carbocycles. The summed E-state index contributed by atoms with van der Waals surface area (Å²) in [6, 6.07) is 5.14. The zero-order chi connectivity index (χ0) is 17.6. The van der Waals surface area contributed by atoms with Gasteiger partial charge in [-0.2, -0.15) is 0 Å². The molecule has 1 aromatic carbocycles. The number of aromatic nitrogens is 4. The van der Waals surface area contributed by atoms with E-state index in [1.165, 1.54) is 6.20 Å². The molecule has 0 aliphatic heterocycles. The smallest absolute Gasteiger partial charge is 0.324 e. The Labute approximate surface area is 144 Å². The molecule has 0 fully saturated rings. The number of carbonyl (C=O) groups excluding carboxylic acids is 1. The molecule has 0 bridgehead atoms. The lowest BCUT2D eigenvalue weighted by atomic mass is 10.2. The number of rotatable bonds is 5. The predicted molar refractivity (Wildman–Crippen MR) is 93.5 cm³/mol. The van der Waals surface area contributed by atoms with E-state index in [1.807, 2.05) is 32.0 Å². The lowest BCUT2D eigenvalue weighted by Crippen LogP contribution is -2.20. The number of carbonyl (C=O) groups is 1. The lowest BCUT2D eigenvalue weighted by molar-refractivity contribution is 0.261. The molecule has 3 aromatic rings. The normalized spacial score (nSPS) is 10.3. The van der Waals surface area contributed by atoms with E-state index < -0.39 is 6.03 Å². The Hall–Kier alpha value is -3.42. The summed E-state index contributed by atoms with van der Waals surface area (Å²) in [6.45, 7) is 4.09. The highest BCUT2D eigenvalue weighted by Gasteiger charge is 2.10. The molecule has 0 aliphatic carbocycles. The van der Waals surface area contributed by atoms with Gasteiger partial charge in [0.15, 0.2) is 5.82 Å². The highest BCUT2D eigenvalue weighted by atomic mass is 16.5. The Kier molecular flexibility index (Phi) is 4.89. The number of hydrogen-bond acceptors (Lipinski definition) is 5. The van der Waals surface area contributed by atoms with E-state index in [-0.39, 0.29) is 0 Å². The van der Waals surface area contributed by atoms with Crippen molar-refractivity contribution in [3.8, 4) is 5.75 Å². The molecule has 128 valence electrons. The summed E-state index contributed by atoms with van der Waals surface area (Å²) >= 11 is 0. The lowest BCUT2D eigenvalue weighted by Gasteiger charge is -2.13. The quantitative estimate of drug-likeness (QED) is 0.663. The molecule has 2 heterocycles.